The Labute approximate surface area is 83.8 Å². The predicted octanol–water partition coefficient (Wildman–Crippen LogP) is 2.02. The quantitative estimate of drug-likeness (QED) is 0.700. The molecule has 3 nitrogen and oxygen atoms in total. The van der Waals surface area contributed by atoms with Crippen molar-refractivity contribution in [2.75, 3.05) is 0 Å². The van der Waals surface area contributed by atoms with Gasteiger partial charge in [-0.25, -0.2) is 0 Å². The Bertz CT molecular complexity index is 255. The third kappa shape index (κ3) is 2.98. The number of hydrogen-bond acceptors (Lipinski definition) is 2. The van der Waals surface area contributed by atoms with E-state index in [1.807, 2.05) is 19.1 Å². The van der Waals surface area contributed by atoms with Crippen molar-refractivity contribution in [3.05, 3.63) is 12.2 Å². The number of allylic oxidation sites excluding steroid dienone is 2. The molecule has 0 aromatic heterocycles. The molecule has 0 heterocycles. The summed E-state index contributed by atoms with van der Waals surface area (Å²) in [5, 5.41) is 8.67. The van der Waals surface area contributed by atoms with Crippen LogP contribution in [0.4, 0.5) is 0 Å². The van der Waals surface area contributed by atoms with Gasteiger partial charge in [0.1, 0.15) is 5.78 Å². The van der Waals surface area contributed by atoms with E-state index in [4.69, 9.17) is 5.11 Å². The number of rotatable bonds is 4. The average Bonchev–Trinajstić information content (AvgIpc) is 2.41. The molecule has 0 bridgehead atoms. The Hall–Kier alpha value is -1.12. The smallest absolute Gasteiger partial charge is 0.303 e. The molecule has 0 aromatic carbocycles. The molecule has 0 saturated heterocycles. The van der Waals surface area contributed by atoms with Crippen molar-refractivity contribution in [2.24, 2.45) is 11.8 Å². The Morgan fingerprint density at radius 2 is 2.14 bits per heavy atom. The van der Waals surface area contributed by atoms with E-state index in [0.29, 0.717) is 12.8 Å². The van der Waals surface area contributed by atoms with Crippen molar-refractivity contribution in [2.45, 2.75) is 32.6 Å². The Balaban J connectivity index is 2.53. The number of carbonyl (C=O) groups is 2. The third-order valence-electron chi connectivity index (χ3n) is 2.76. The number of carbonyl (C=O) groups excluding carboxylic acids is 1. The maximum Gasteiger partial charge on any atom is 0.303 e. The largest absolute Gasteiger partial charge is 0.481 e. The van der Waals surface area contributed by atoms with Gasteiger partial charge in [-0.2, -0.15) is 0 Å². The van der Waals surface area contributed by atoms with Crippen LogP contribution in [0, 0.1) is 11.8 Å². The lowest BCUT2D eigenvalue weighted by Crippen LogP contribution is -2.12. The normalized spacial score (nSPS) is 27.4. The van der Waals surface area contributed by atoms with Crippen LogP contribution in [-0.4, -0.2) is 16.9 Å². The number of carboxylic acid groups (broad SMARTS) is 1. The molecule has 1 saturated carbocycles. The van der Waals surface area contributed by atoms with E-state index >= 15 is 0 Å². The van der Waals surface area contributed by atoms with Crippen molar-refractivity contribution in [3.8, 4) is 0 Å². The second-order valence-corrected chi connectivity index (χ2v) is 3.87. The van der Waals surface area contributed by atoms with E-state index in [2.05, 4.69) is 0 Å². The molecular weight excluding hydrogens is 180 g/mol. The molecular formula is C11H16O3. The van der Waals surface area contributed by atoms with Crippen LogP contribution in [0.15, 0.2) is 12.2 Å². The maximum absolute atomic E-state index is 11.2. The van der Waals surface area contributed by atoms with Crippen molar-refractivity contribution in [3.63, 3.8) is 0 Å². The maximum atomic E-state index is 11.2. The van der Waals surface area contributed by atoms with Gasteiger partial charge in [-0.05, 0) is 25.2 Å². The lowest BCUT2D eigenvalue weighted by molar-refractivity contribution is -0.138. The Kier molecular flexibility index (Phi) is 3.86. The minimum atomic E-state index is -0.796. The molecule has 1 aliphatic carbocycles. The lowest BCUT2D eigenvalue weighted by atomic mass is 9.90. The first-order chi connectivity index (χ1) is 6.63. The number of ketones is 1. The monoisotopic (exact) mass is 196 g/mol. The highest BCUT2D eigenvalue weighted by atomic mass is 16.4. The van der Waals surface area contributed by atoms with E-state index < -0.39 is 5.97 Å². The zero-order valence-electron chi connectivity index (χ0n) is 8.40. The van der Waals surface area contributed by atoms with E-state index in [1.54, 1.807) is 0 Å². The van der Waals surface area contributed by atoms with Crippen LogP contribution < -0.4 is 0 Å². The molecule has 0 aliphatic heterocycles. The molecule has 1 fully saturated rings. The number of aliphatic carboxylic acids is 1. The van der Waals surface area contributed by atoms with Crippen molar-refractivity contribution >= 4 is 11.8 Å². The van der Waals surface area contributed by atoms with Crippen molar-refractivity contribution < 1.29 is 14.7 Å². The average molecular weight is 196 g/mol. The standard InChI is InChI=1S/C11H16O3/c1-2-3-4-8-5-10(12)6-9(8)7-11(13)14/h2-3,8-9H,4-7H2,1H3,(H,13,14)/t8-,9+/m0/s1. The van der Waals surface area contributed by atoms with Crippen LogP contribution in [-0.2, 0) is 9.59 Å². The van der Waals surface area contributed by atoms with E-state index in [1.165, 1.54) is 0 Å². The van der Waals surface area contributed by atoms with E-state index in [-0.39, 0.29) is 24.0 Å². The summed E-state index contributed by atoms with van der Waals surface area (Å²) in [5.41, 5.74) is 0. The first kappa shape index (κ1) is 11.0. The second kappa shape index (κ2) is 4.94. The first-order valence-electron chi connectivity index (χ1n) is 4.98. The summed E-state index contributed by atoms with van der Waals surface area (Å²) in [7, 11) is 0. The van der Waals surface area contributed by atoms with Crippen LogP contribution in [0.3, 0.4) is 0 Å². The summed E-state index contributed by atoms with van der Waals surface area (Å²) in [4.78, 5) is 21.7. The van der Waals surface area contributed by atoms with Gasteiger partial charge < -0.3 is 5.11 Å². The fourth-order valence-electron chi connectivity index (χ4n) is 2.05. The van der Waals surface area contributed by atoms with Gasteiger partial charge in [0.2, 0.25) is 0 Å². The minimum Gasteiger partial charge on any atom is -0.481 e. The van der Waals surface area contributed by atoms with E-state index in [0.717, 1.165) is 6.42 Å². The molecule has 3 heteroatoms. The first-order valence-corrected chi connectivity index (χ1v) is 4.98. The van der Waals surface area contributed by atoms with Crippen LogP contribution in [0.5, 0.6) is 0 Å². The Morgan fingerprint density at radius 3 is 2.71 bits per heavy atom. The molecule has 0 aromatic rings. The highest BCUT2D eigenvalue weighted by Crippen LogP contribution is 2.34. The summed E-state index contributed by atoms with van der Waals surface area (Å²) < 4.78 is 0. The van der Waals surface area contributed by atoms with Crippen LogP contribution >= 0.6 is 0 Å². The molecule has 0 radical (unpaired) electrons. The van der Waals surface area contributed by atoms with Crippen molar-refractivity contribution in [1.29, 1.82) is 0 Å². The summed E-state index contributed by atoms with van der Waals surface area (Å²) in [5.74, 6) is -0.285. The van der Waals surface area contributed by atoms with Gasteiger partial charge in [-0.1, -0.05) is 12.2 Å². The highest BCUT2D eigenvalue weighted by molar-refractivity contribution is 5.82. The highest BCUT2D eigenvalue weighted by Gasteiger charge is 2.33. The summed E-state index contributed by atoms with van der Waals surface area (Å²) >= 11 is 0. The summed E-state index contributed by atoms with van der Waals surface area (Å²) in [6, 6.07) is 0. The molecule has 1 N–H and O–H groups in total. The molecule has 78 valence electrons. The van der Waals surface area contributed by atoms with Gasteiger partial charge in [0.05, 0.1) is 0 Å². The molecule has 1 aliphatic rings. The number of Topliss-reactive ketones (excluding diaryl/α,β-unsaturated/α-hetero) is 1. The van der Waals surface area contributed by atoms with Crippen LogP contribution in [0.25, 0.3) is 0 Å². The van der Waals surface area contributed by atoms with Gasteiger partial charge in [-0.15, -0.1) is 0 Å². The number of carboxylic acids is 1. The molecule has 1 rings (SSSR count). The number of hydrogen-bond donors (Lipinski definition) is 1. The van der Waals surface area contributed by atoms with Gasteiger partial charge in [0.15, 0.2) is 0 Å². The van der Waals surface area contributed by atoms with E-state index in [9.17, 15) is 9.59 Å². The molecule has 0 amide bonds. The van der Waals surface area contributed by atoms with Gasteiger partial charge in [-0.3, -0.25) is 9.59 Å². The zero-order valence-corrected chi connectivity index (χ0v) is 8.40. The zero-order chi connectivity index (χ0) is 10.6. The molecule has 14 heavy (non-hydrogen) atoms. The SMILES string of the molecule is CC=CC[C@H]1CC(=O)C[C@@H]1CC(=O)O. The predicted molar refractivity (Wildman–Crippen MR) is 52.9 cm³/mol. The Morgan fingerprint density at radius 1 is 1.50 bits per heavy atom. The third-order valence-corrected chi connectivity index (χ3v) is 2.76. The van der Waals surface area contributed by atoms with Crippen molar-refractivity contribution in [1.82, 2.24) is 0 Å². The minimum absolute atomic E-state index is 0.0520. The second-order valence-electron chi connectivity index (χ2n) is 3.87. The molecule has 2 atom stereocenters. The summed E-state index contributed by atoms with van der Waals surface area (Å²) in [6.07, 6.45) is 5.93. The fourth-order valence-corrected chi connectivity index (χ4v) is 2.05. The van der Waals surface area contributed by atoms with Gasteiger partial charge in [0.25, 0.3) is 0 Å². The topological polar surface area (TPSA) is 54.4 Å². The van der Waals surface area contributed by atoms with Crippen LogP contribution in [0.2, 0.25) is 0 Å². The van der Waals surface area contributed by atoms with Gasteiger partial charge in [0, 0.05) is 19.3 Å². The van der Waals surface area contributed by atoms with Gasteiger partial charge >= 0.3 is 5.97 Å². The molecule has 0 unspecified atom stereocenters. The fraction of sp³-hybridized carbons (Fsp3) is 0.636. The molecule has 0 spiro atoms. The van der Waals surface area contributed by atoms with Crippen LogP contribution in [0.1, 0.15) is 32.6 Å². The summed E-state index contributed by atoms with van der Waals surface area (Å²) in [6.45, 7) is 1.93. The lowest BCUT2D eigenvalue weighted by Gasteiger charge is -2.14.